The maximum Gasteiger partial charge on any atom is 0.271 e. The molecule has 0 amide bonds. The van der Waals surface area contributed by atoms with Gasteiger partial charge in [-0.3, -0.25) is 9.89 Å². The number of nitrogens with one attached hydrogen (secondary N) is 1. The van der Waals surface area contributed by atoms with E-state index >= 15 is 0 Å². The SMILES string of the molecule is CCCc1cc(=O)n(-c2ccc(C)cc2)[nH]1. The molecular formula is C13H16N2O. The summed E-state index contributed by atoms with van der Waals surface area (Å²) < 4.78 is 1.59. The van der Waals surface area contributed by atoms with Crippen LogP contribution in [0.1, 0.15) is 24.6 Å². The number of aromatic nitrogens is 2. The highest BCUT2D eigenvalue weighted by Gasteiger charge is 2.03. The van der Waals surface area contributed by atoms with Crippen molar-refractivity contribution in [1.82, 2.24) is 9.78 Å². The summed E-state index contributed by atoms with van der Waals surface area (Å²) in [5.74, 6) is 0. The number of aromatic amines is 1. The maximum atomic E-state index is 11.7. The van der Waals surface area contributed by atoms with E-state index in [0.29, 0.717) is 0 Å². The molecule has 84 valence electrons. The molecule has 3 heteroatoms. The second-order valence-electron chi connectivity index (χ2n) is 4.04. The van der Waals surface area contributed by atoms with Gasteiger partial charge in [-0.2, -0.15) is 0 Å². The standard InChI is InChI=1S/C13H16N2O/c1-3-4-11-9-13(16)15(14-11)12-7-5-10(2)6-8-12/h5-9,14H,3-4H2,1-2H3. The zero-order chi connectivity index (χ0) is 11.5. The molecular weight excluding hydrogens is 200 g/mol. The molecule has 0 fully saturated rings. The fraction of sp³-hybridized carbons (Fsp3) is 0.308. The molecule has 0 aliphatic carbocycles. The highest BCUT2D eigenvalue weighted by Crippen LogP contribution is 2.07. The minimum atomic E-state index is 0.00676. The van der Waals surface area contributed by atoms with E-state index in [1.165, 1.54) is 5.56 Å². The van der Waals surface area contributed by atoms with Gasteiger partial charge in [0, 0.05) is 11.8 Å². The Bertz CT molecular complexity index is 520. The molecule has 0 saturated carbocycles. The summed E-state index contributed by atoms with van der Waals surface area (Å²) in [4.78, 5) is 11.7. The number of benzene rings is 1. The van der Waals surface area contributed by atoms with E-state index in [1.807, 2.05) is 31.2 Å². The summed E-state index contributed by atoms with van der Waals surface area (Å²) in [6, 6.07) is 9.57. The van der Waals surface area contributed by atoms with E-state index in [-0.39, 0.29) is 5.56 Å². The molecule has 0 spiro atoms. The van der Waals surface area contributed by atoms with Gasteiger partial charge in [-0.15, -0.1) is 0 Å². The number of hydrogen-bond donors (Lipinski definition) is 1. The van der Waals surface area contributed by atoms with Crippen LogP contribution in [0, 0.1) is 6.92 Å². The van der Waals surface area contributed by atoms with Crippen LogP contribution >= 0.6 is 0 Å². The lowest BCUT2D eigenvalue weighted by Gasteiger charge is -2.02. The van der Waals surface area contributed by atoms with Gasteiger partial charge >= 0.3 is 0 Å². The van der Waals surface area contributed by atoms with Crippen LogP contribution < -0.4 is 5.56 Å². The van der Waals surface area contributed by atoms with E-state index in [1.54, 1.807) is 10.7 Å². The molecule has 1 heterocycles. The third kappa shape index (κ3) is 2.08. The summed E-state index contributed by atoms with van der Waals surface area (Å²) in [7, 11) is 0. The Kier molecular flexibility index (Phi) is 2.95. The van der Waals surface area contributed by atoms with Gasteiger partial charge in [0.15, 0.2) is 0 Å². The Hall–Kier alpha value is -1.77. The Morgan fingerprint density at radius 2 is 1.94 bits per heavy atom. The third-order valence-electron chi connectivity index (χ3n) is 2.59. The molecule has 0 saturated heterocycles. The van der Waals surface area contributed by atoms with Crippen LogP contribution in [-0.4, -0.2) is 9.78 Å². The molecule has 0 radical (unpaired) electrons. The van der Waals surface area contributed by atoms with Gasteiger partial charge in [0.1, 0.15) is 0 Å². The van der Waals surface area contributed by atoms with Crippen molar-refractivity contribution < 1.29 is 0 Å². The van der Waals surface area contributed by atoms with E-state index in [2.05, 4.69) is 12.0 Å². The van der Waals surface area contributed by atoms with E-state index in [0.717, 1.165) is 24.2 Å². The third-order valence-corrected chi connectivity index (χ3v) is 2.59. The summed E-state index contributed by atoms with van der Waals surface area (Å²) in [6.45, 7) is 4.13. The predicted molar refractivity (Wildman–Crippen MR) is 65.1 cm³/mol. The summed E-state index contributed by atoms with van der Waals surface area (Å²) in [6.07, 6.45) is 1.95. The average Bonchev–Trinajstić information content (AvgIpc) is 2.61. The molecule has 1 N–H and O–H groups in total. The normalized spacial score (nSPS) is 10.6. The lowest BCUT2D eigenvalue weighted by Crippen LogP contribution is -2.13. The van der Waals surface area contributed by atoms with E-state index in [4.69, 9.17) is 0 Å². The first-order valence-electron chi connectivity index (χ1n) is 5.58. The highest BCUT2D eigenvalue weighted by molar-refractivity contribution is 5.33. The zero-order valence-electron chi connectivity index (χ0n) is 9.66. The topological polar surface area (TPSA) is 37.8 Å². The van der Waals surface area contributed by atoms with Crippen molar-refractivity contribution in [2.24, 2.45) is 0 Å². The zero-order valence-corrected chi connectivity index (χ0v) is 9.66. The molecule has 2 rings (SSSR count). The fourth-order valence-electron chi connectivity index (χ4n) is 1.73. The van der Waals surface area contributed by atoms with Crippen molar-refractivity contribution >= 4 is 0 Å². The second kappa shape index (κ2) is 4.39. The number of nitrogens with zero attached hydrogens (tertiary/aromatic N) is 1. The van der Waals surface area contributed by atoms with Gasteiger partial charge in [0.25, 0.3) is 5.56 Å². The Morgan fingerprint density at radius 1 is 1.25 bits per heavy atom. The van der Waals surface area contributed by atoms with Crippen LogP contribution in [0.15, 0.2) is 35.1 Å². The van der Waals surface area contributed by atoms with Crippen LogP contribution in [0.3, 0.4) is 0 Å². The van der Waals surface area contributed by atoms with Crippen LogP contribution in [-0.2, 0) is 6.42 Å². The van der Waals surface area contributed by atoms with Crippen LogP contribution in [0.5, 0.6) is 0 Å². The lowest BCUT2D eigenvalue weighted by molar-refractivity contribution is 0.793. The maximum absolute atomic E-state index is 11.7. The van der Waals surface area contributed by atoms with Gasteiger partial charge in [0.05, 0.1) is 5.69 Å². The van der Waals surface area contributed by atoms with Crippen LogP contribution in [0.25, 0.3) is 5.69 Å². The molecule has 0 atom stereocenters. The molecule has 1 aromatic heterocycles. The molecule has 0 bridgehead atoms. The number of aryl methyl sites for hydroxylation is 2. The Balaban J connectivity index is 2.40. The van der Waals surface area contributed by atoms with Crippen molar-refractivity contribution in [3.05, 3.63) is 51.9 Å². The van der Waals surface area contributed by atoms with Crippen molar-refractivity contribution in [3.8, 4) is 5.69 Å². The van der Waals surface area contributed by atoms with Crippen molar-refractivity contribution in [1.29, 1.82) is 0 Å². The first kappa shape index (κ1) is 10.7. The lowest BCUT2D eigenvalue weighted by atomic mass is 10.2. The average molecular weight is 216 g/mol. The van der Waals surface area contributed by atoms with E-state index in [9.17, 15) is 4.79 Å². The molecule has 0 aliphatic rings. The van der Waals surface area contributed by atoms with Crippen LogP contribution in [0.2, 0.25) is 0 Å². The first-order valence-corrected chi connectivity index (χ1v) is 5.58. The van der Waals surface area contributed by atoms with Crippen LogP contribution in [0.4, 0.5) is 0 Å². The minimum Gasteiger partial charge on any atom is -0.295 e. The smallest absolute Gasteiger partial charge is 0.271 e. The summed E-state index contributed by atoms with van der Waals surface area (Å²) >= 11 is 0. The fourth-order valence-corrected chi connectivity index (χ4v) is 1.73. The molecule has 1 aromatic carbocycles. The van der Waals surface area contributed by atoms with Gasteiger partial charge in [-0.25, -0.2) is 4.68 Å². The van der Waals surface area contributed by atoms with E-state index < -0.39 is 0 Å². The molecule has 3 nitrogen and oxygen atoms in total. The number of H-pyrrole nitrogens is 1. The van der Waals surface area contributed by atoms with Crippen molar-refractivity contribution in [2.45, 2.75) is 26.7 Å². The largest absolute Gasteiger partial charge is 0.295 e. The number of hydrogen-bond acceptors (Lipinski definition) is 1. The molecule has 0 aliphatic heterocycles. The highest BCUT2D eigenvalue weighted by atomic mass is 16.1. The number of rotatable bonds is 3. The van der Waals surface area contributed by atoms with Crippen molar-refractivity contribution in [2.75, 3.05) is 0 Å². The minimum absolute atomic E-state index is 0.00676. The van der Waals surface area contributed by atoms with Crippen molar-refractivity contribution in [3.63, 3.8) is 0 Å². The first-order chi connectivity index (χ1) is 7.70. The van der Waals surface area contributed by atoms with Gasteiger partial charge in [0.2, 0.25) is 0 Å². The molecule has 0 unspecified atom stereocenters. The van der Waals surface area contributed by atoms with Gasteiger partial charge in [-0.1, -0.05) is 31.0 Å². The van der Waals surface area contributed by atoms with Gasteiger partial charge < -0.3 is 0 Å². The quantitative estimate of drug-likeness (QED) is 0.840. The monoisotopic (exact) mass is 216 g/mol. The predicted octanol–water partition coefficient (Wildman–Crippen LogP) is 2.43. The summed E-state index contributed by atoms with van der Waals surface area (Å²) in [5.41, 5.74) is 3.08. The Morgan fingerprint density at radius 3 is 2.56 bits per heavy atom. The Labute approximate surface area is 94.7 Å². The molecule has 16 heavy (non-hydrogen) atoms. The summed E-state index contributed by atoms with van der Waals surface area (Å²) in [5, 5.41) is 3.12. The molecule has 2 aromatic rings. The van der Waals surface area contributed by atoms with Gasteiger partial charge in [-0.05, 0) is 25.5 Å². The second-order valence-corrected chi connectivity index (χ2v) is 4.04.